The van der Waals surface area contributed by atoms with Crippen molar-refractivity contribution in [3.05, 3.63) is 29.3 Å². The predicted octanol–water partition coefficient (Wildman–Crippen LogP) is 4.33. The summed E-state index contributed by atoms with van der Waals surface area (Å²) in [7, 11) is 8.75. The zero-order valence-electron chi connectivity index (χ0n) is 8.49. The summed E-state index contributed by atoms with van der Waals surface area (Å²) in [6.07, 6.45) is 6.62. The maximum absolute atomic E-state index is 4.89. The average Bonchev–Trinajstić information content (AvgIpc) is 2.35. The van der Waals surface area contributed by atoms with Crippen LogP contribution in [0.3, 0.4) is 0 Å². The van der Waals surface area contributed by atoms with E-state index in [0.717, 1.165) is 0 Å². The van der Waals surface area contributed by atoms with Crippen molar-refractivity contribution in [2.24, 2.45) is 0 Å². The summed E-state index contributed by atoms with van der Waals surface area (Å²) in [6.45, 7) is 9.35. The van der Waals surface area contributed by atoms with Gasteiger partial charge in [-0.05, 0) is 6.92 Å². The first kappa shape index (κ1) is 14.0. The molecule has 0 spiro atoms. The van der Waals surface area contributed by atoms with Crippen molar-refractivity contribution in [2.45, 2.75) is 26.6 Å². The average molecular weight is 270 g/mol. The summed E-state index contributed by atoms with van der Waals surface area (Å²) < 4.78 is 0. The molecule has 0 aromatic heterocycles. The minimum atomic E-state index is -1.03. The van der Waals surface area contributed by atoms with Crippen molar-refractivity contribution in [3.8, 4) is 0 Å². The number of halogens is 2. The van der Waals surface area contributed by atoms with E-state index in [4.69, 9.17) is 18.6 Å². The molecule has 4 heteroatoms. The van der Waals surface area contributed by atoms with Crippen LogP contribution in [0.5, 0.6) is 0 Å². The molecular formula is C9H15Cl2SiTi. The molecule has 1 aliphatic rings. The SMILES string of the molecule is CC1=C[CH]C=C1[Si](C)(C)C.[Cl][Ti][Cl]. The van der Waals surface area contributed by atoms with Gasteiger partial charge < -0.3 is 0 Å². The summed E-state index contributed by atoms with van der Waals surface area (Å²) in [4.78, 5) is 0. The Balaban J connectivity index is 0.000000424. The molecule has 13 heavy (non-hydrogen) atoms. The van der Waals surface area contributed by atoms with E-state index in [1.165, 1.54) is 5.57 Å². The van der Waals surface area contributed by atoms with Gasteiger partial charge in [0, 0.05) is 6.42 Å². The van der Waals surface area contributed by atoms with Crippen LogP contribution < -0.4 is 0 Å². The summed E-state index contributed by atoms with van der Waals surface area (Å²) in [5.74, 6) is 0. The second-order valence-electron chi connectivity index (χ2n) is 3.94. The van der Waals surface area contributed by atoms with Gasteiger partial charge in [0.25, 0.3) is 0 Å². The zero-order chi connectivity index (χ0) is 10.5. The van der Waals surface area contributed by atoms with E-state index >= 15 is 0 Å². The number of hydrogen-bond donors (Lipinski definition) is 0. The Bertz CT molecular complexity index is 216. The maximum atomic E-state index is 4.89. The summed E-state index contributed by atoms with van der Waals surface area (Å²) in [5.41, 5.74) is 1.47. The summed E-state index contributed by atoms with van der Waals surface area (Å²) in [5, 5.41) is 1.60. The molecule has 0 aromatic carbocycles. The molecule has 0 aromatic rings. The molecule has 0 unspecified atom stereocenters. The van der Waals surface area contributed by atoms with E-state index in [2.05, 4.69) is 45.1 Å². The molecule has 0 saturated carbocycles. The molecule has 0 nitrogen and oxygen atoms in total. The van der Waals surface area contributed by atoms with Crippen molar-refractivity contribution >= 4 is 26.7 Å². The molecule has 0 fully saturated rings. The third-order valence-electron chi connectivity index (χ3n) is 1.84. The molecule has 73 valence electrons. The first-order chi connectivity index (χ1) is 5.93. The van der Waals surface area contributed by atoms with E-state index in [-0.39, 0.29) is 0 Å². The van der Waals surface area contributed by atoms with Crippen molar-refractivity contribution in [1.82, 2.24) is 0 Å². The summed E-state index contributed by atoms with van der Waals surface area (Å²) in [6, 6.07) is 0. The van der Waals surface area contributed by atoms with Crippen LogP contribution in [-0.2, 0) is 17.0 Å². The van der Waals surface area contributed by atoms with Gasteiger partial charge in [0.15, 0.2) is 0 Å². The Morgan fingerprint density at radius 3 is 1.77 bits per heavy atom. The fourth-order valence-electron chi connectivity index (χ4n) is 1.35. The Kier molecular flexibility index (Phi) is 6.96. The standard InChI is InChI=1S/C9H15Si.2ClH.Ti/c1-8-6-5-7-9(8)10(2,3)4;;;/h5-7H,1-4H3;2*1H;/q;;;+2/p-2. The van der Waals surface area contributed by atoms with Crippen molar-refractivity contribution in [2.75, 3.05) is 0 Å². The van der Waals surface area contributed by atoms with Gasteiger partial charge in [-0.3, -0.25) is 0 Å². The molecule has 0 aliphatic heterocycles. The van der Waals surface area contributed by atoms with Crippen LogP contribution in [0.1, 0.15) is 6.92 Å². The van der Waals surface area contributed by atoms with Crippen molar-refractivity contribution < 1.29 is 17.0 Å². The normalized spacial score (nSPS) is 15.5. The van der Waals surface area contributed by atoms with E-state index in [1.807, 2.05) is 0 Å². The number of hydrogen-bond acceptors (Lipinski definition) is 0. The van der Waals surface area contributed by atoms with E-state index in [0.29, 0.717) is 0 Å². The Labute approximate surface area is 99.1 Å². The molecule has 1 aliphatic carbocycles. The second kappa shape index (κ2) is 6.47. The van der Waals surface area contributed by atoms with Crippen LogP contribution >= 0.6 is 18.6 Å². The molecular weight excluding hydrogens is 255 g/mol. The van der Waals surface area contributed by atoms with Gasteiger partial charge in [0.1, 0.15) is 0 Å². The van der Waals surface area contributed by atoms with Crippen molar-refractivity contribution in [3.63, 3.8) is 0 Å². The van der Waals surface area contributed by atoms with Gasteiger partial charge in [-0.1, -0.05) is 42.6 Å². The van der Waals surface area contributed by atoms with Gasteiger partial charge in [-0.25, -0.2) is 0 Å². The number of allylic oxidation sites excluding steroid dienone is 4. The van der Waals surface area contributed by atoms with E-state index in [9.17, 15) is 0 Å². The van der Waals surface area contributed by atoms with Crippen LogP contribution in [0.4, 0.5) is 0 Å². The second-order valence-corrected chi connectivity index (χ2v) is 11.6. The van der Waals surface area contributed by atoms with Crippen LogP contribution in [-0.4, -0.2) is 8.07 Å². The molecule has 0 bridgehead atoms. The predicted molar refractivity (Wildman–Crippen MR) is 61.2 cm³/mol. The molecule has 1 rings (SSSR count). The van der Waals surface area contributed by atoms with E-state index < -0.39 is 25.1 Å². The van der Waals surface area contributed by atoms with E-state index in [1.54, 1.807) is 5.20 Å². The van der Waals surface area contributed by atoms with Crippen LogP contribution in [0.25, 0.3) is 0 Å². The first-order valence-corrected chi connectivity index (χ1v) is 11.9. The Morgan fingerprint density at radius 2 is 1.62 bits per heavy atom. The quantitative estimate of drug-likeness (QED) is 0.622. The molecule has 0 heterocycles. The molecule has 0 amide bonds. The molecule has 0 atom stereocenters. The Morgan fingerprint density at radius 1 is 1.15 bits per heavy atom. The van der Waals surface area contributed by atoms with Crippen LogP contribution in [0.15, 0.2) is 22.9 Å². The molecule has 1 radical (unpaired) electrons. The minimum absolute atomic E-state index is 0.556. The monoisotopic (exact) mass is 269 g/mol. The fourth-order valence-corrected chi connectivity index (χ4v) is 3.21. The first-order valence-electron chi connectivity index (χ1n) is 4.12. The topological polar surface area (TPSA) is 0 Å². The molecule has 0 N–H and O–H groups in total. The Hall–Kier alpha value is 0.991. The van der Waals surface area contributed by atoms with Crippen LogP contribution in [0, 0.1) is 6.42 Å². The van der Waals surface area contributed by atoms with Crippen molar-refractivity contribution in [1.29, 1.82) is 0 Å². The van der Waals surface area contributed by atoms with Crippen LogP contribution in [0.2, 0.25) is 19.6 Å². The third-order valence-corrected chi connectivity index (χ3v) is 4.02. The summed E-state index contributed by atoms with van der Waals surface area (Å²) >= 11 is -0.556. The van der Waals surface area contributed by atoms with Gasteiger partial charge >= 0.3 is 35.6 Å². The van der Waals surface area contributed by atoms with Gasteiger partial charge in [0.05, 0.1) is 8.07 Å². The van der Waals surface area contributed by atoms with Gasteiger partial charge in [-0.2, -0.15) is 0 Å². The zero-order valence-corrected chi connectivity index (χ0v) is 12.6. The van der Waals surface area contributed by atoms with Gasteiger partial charge in [0.2, 0.25) is 0 Å². The third kappa shape index (κ3) is 5.44. The number of rotatable bonds is 1. The van der Waals surface area contributed by atoms with Gasteiger partial charge in [-0.15, -0.1) is 0 Å². The fraction of sp³-hybridized carbons (Fsp3) is 0.444. The molecule has 0 saturated heterocycles.